The number of fused-ring (bicyclic) bond motifs is 1. The van der Waals surface area contributed by atoms with Crippen molar-refractivity contribution < 1.29 is 8.42 Å². The van der Waals surface area contributed by atoms with E-state index in [1.807, 2.05) is 40.9 Å². The van der Waals surface area contributed by atoms with E-state index in [1.54, 1.807) is 50.5 Å². The van der Waals surface area contributed by atoms with Crippen molar-refractivity contribution in [2.75, 3.05) is 10.6 Å². The van der Waals surface area contributed by atoms with Crippen molar-refractivity contribution in [2.24, 2.45) is 0 Å². The Morgan fingerprint density at radius 1 is 0.944 bits per heavy atom. The normalized spacial score (nSPS) is 11.7. The number of rotatable bonds is 7. The summed E-state index contributed by atoms with van der Waals surface area (Å²) in [6.45, 7) is 3.27. The minimum atomic E-state index is -3.52. The average molecular weight is 520 g/mol. The number of imidazole rings is 1. The zero-order valence-electron chi connectivity index (χ0n) is 19.4. The highest BCUT2D eigenvalue weighted by Gasteiger charge is 2.23. The maximum Gasteiger partial charge on any atom is 0.230 e. The summed E-state index contributed by atoms with van der Waals surface area (Å²) in [5, 5.41) is 5.76. The van der Waals surface area contributed by atoms with Crippen molar-refractivity contribution in [1.29, 1.82) is 0 Å². The van der Waals surface area contributed by atoms with Crippen LogP contribution in [0.25, 0.3) is 16.9 Å². The maximum atomic E-state index is 12.8. The van der Waals surface area contributed by atoms with Gasteiger partial charge in [0.25, 0.3) is 0 Å². The molecule has 0 saturated carbocycles. The number of benzene rings is 2. The molecule has 0 bridgehead atoms. The third-order valence-corrected chi connectivity index (χ3v) is 7.96. The lowest BCUT2D eigenvalue weighted by molar-refractivity contribution is 0.588. The second-order valence-electron chi connectivity index (χ2n) is 8.26. The molecule has 0 spiro atoms. The Hall–Kier alpha value is -4.02. The molecule has 3 heterocycles. The SMILES string of the molecule is CC(C)S(=O)(=O)c1ccccc1Nc1nc(Nc2cc3nc(-c4ccccc4)cn3cn2)ncc1Cl. The Labute approximate surface area is 213 Å². The lowest BCUT2D eigenvalue weighted by Gasteiger charge is -2.15. The predicted molar refractivity (Wildman–Crippen MR) is 141 cm³/mol. The second-order valence-corrected chi connectivity index (χ2v) is 11.1. The lowest BCUT2D eigenvalue weighted by Crippen LogP contribution is -2.15. The van der Waals surface area contributed by atoms with Crippen LogP contribution in [-0.4, -0.2) is 38.0 Å². The van der Waals surface area contributed by atoms with Gasteiger partial charge in [-0.3, -0.25) is 4.40 Å². The minimum Gasteiger partial charge on any atom is -0.338 e. The van der Waals surface area contributed by atoms with Gasteiger partial charge in [-0.05, 0) is 26.0 Å². The van der Waals surface area contributed by atoms with Crippen LogP contribution in [0.4, 0.5) is 23.3 Å². The number of nitrogens with one attached hydrogen (secondary N) is 2. The topological polar surface area (TPSA) is 114 Å². The quantitative estimate of drug-likeness (QED) is 0.289. The molecule has 36 heavy (non-hydrogen) atoms. The molecule has 2 N–H and O–H groups in total. The highest BCUT2D eigenvalue weighted by Crippen LogP contribution is 2.30. The largest absolute Gasteiger partial charge is 0.338 e. The summed E-state index contributed by atoms with van der Waals surface area (Å²) in [7, 11) is -3.52. The number of anilines is 4. The Balaban J connectivity index is 1.42. The van der Waals surface area contributed by atoms with Crippen LogP contribution >= 0.6 is 11.6 Å². The van der Waals surface area contributed by atoms with Gasteiger partial charge < -0.3 is 10.6 Å². The van der Waals surface area contributed by atoms with E-state index in [2.05, 4.69) is 30.6 Å². The molecule has 0 aliphatic carbocycles. The van der Waals surface area contributed by atoms with E-state index in [1.165, 1.54) is 6.20 Å². The lowest BCUT2D eigenvalue weighted by atomic mass is 10.2. The van der Waals surface area contributed by atoms with Crippen LogP contribution in [0.1, 0.15) is 13.8 Å². The van der Waals surface area contributed by atoms with Gasteiger partial charge in [-0.15, -0.1) is 0 Å². The van der Waals surface area contributed by atoms with Gasteiger partial charge in [-0.2, -0.15) is 4.98 Å². The fraction of sp³-hybridized carbons (Fsp3) is 0.120. The van der Waals surface area contributed by atoms with Crippen molar-refractivity contribution in [3.05, 3.63) is 84.4 Å². The molecule has 0 aliphatic heterocycles. The second kappa shape index (κ2) is 9.56. The van der Waals surface area contributed by atoms with E-state index >= 15 is 0 Å². The van der Waals surface area contributed by atoms with E-state index in [9.17, 15) is 8.42 Å². The van der Waals surface area contributed by atoms with Crippen molar-refractivity contribution in [2.45, 2.75) is 24.0 Å². The Morgan fingerprint density at radius 2 is 1.69 bits per heavy atom. The summed E-state index contributed by atoms with van der Waals surface area (Å²) in [6.07, 6.45) is 4.99. The first-order chi connectivity index (χ1) is 17.3. The van der Waals surface area contributed by atoms with Crippen LogP contribution in [0.5, 0.6) is 0 Å². The number of sulfone groups is 1. The predicted octanol–water partition coefficient (Wildman–Crippen LogP) is 5.51. The summed E-state index contributed by atoms with van der Waals surface area (Å²) >= 11 is 6.32. The molecule has 0 radical (unpaired) electrons. The van der Waals surface area contributed by atoms with Gasteiger partial charge in [0.05, 0.1) is 27.7 Å². The molecule has 0 fully saturated rings. The molecule has 5 aromatic rings. The third kappa shape index (κ3) is 4.73. The molecule has 0 unspecified atom stereocenters. The summed E-state index contributed by atoms with van der Waals surface area (Å²) in [5.74, 6) is 0.982. The standard InChI is InChI=1S/C25H22ClN7O2S/c1-16(2)36(34,35)21-11-7-6-10-19(21)30-24-18(26)13-27-25(32-24)31-22-12-23-29-20(14-33(23)15-28-22)17-8-4-3-5-9-17/h3-16H,1-2H3,(H2,27,30,31,32). The molecule has 2 aromatic carbocycles. The molecule has 0 saturated heterocycles. The van der Waals surface area contributed by atoms with E-state index in [4.69, 9.17) is 11.6 Å². The number of hydrogen-bond donors (Lipinski definition) is 2. The van der Waals surface area contributed by atoms with Gasteiger partial charge in [0.15, 0.2) is 15.7 Å². The summed E-state index contributed by atoms with van der Waals surface area (Å²) in [6, 6.07) is 18.3. The van der Waals surface area contributed by atoms with E-state index in [0.717, 1.165) is 11.3 Å². The first-order valence-corrected chi connectivity index (χ1v) is 13.0. The van der Waals surface area contributed by atoms with Crippen molar-refractivity contribution in [1.82, 2.24) is 24.3 Å². The highest BCUT2D eigenvalue weighted by molar-refractivity contribution is 7.92. The number of nitrogens with zero attached hydrogens (tertiary/aromatic N) is 5. The Morgan fingerprint density at radius 3 is 2.47 bits per heavy atom. The first-order valence-electron chi connectivity index (χ1n) is 11.1. The Bertz CT molecular complexity index is 1650. The van der Waals surface area contributed by atoms with Crippen molar-refractivity contribution in [3.8, 4) is 11.3 Å². The molecular weight excluding hydrogens is 498 g/mol. The molecule has 0 amide bonds. The van der Waals surface area contributed by atoms with Crippen molar-refractivity contribution >= 4 is 50.4 Å². The maximum absolute atomic E-state index is 12.8. The molecule has 182 valence electrons. The van der Waals surface area contributed by atoms with E-state index in [-0.39, 0.29) is 21.7 Å². The molecule has 9 nitrogen and oxygen atoms in total. The molecule has 0 atom stereocenters. The third-order valence-electron chi connectivity index (χ3n) is 5.47. The summed E-state index contributed by atoms with van der Waals surface area (Å²) < 4.78 is 27.4. The number of hydrogen-bond acceptors (Lipinski definition) is 8. The average Bonchev–Trinajstić information content (AvgIpc) is 3.30. The van der Waals surface area contributed by atoms with Gasteiger partial charge in [0.2, 0.25) is 5.95 Å². The molecule has 11 heteroatoms. The van der Waals surface area contributed by atoms with E-state index < -0.39 is 15.1 Å². The van der Waals surface area contributed by atoms with Crippen LogP contribution in [0, 0.1) is 0 Å². The molecule has 5 rings (SSSR count). The van der Waals surface area contributed by atoms with Crippen LogP contribution in [0.2, 0.25) is 5.02 Å². The minimum absolute atomic E-state index is 0.171. The van der Waals surface area contributed by atoms with Gasteiger partial charge in [-0.25, -0.2) is 23.4 Å². The number of halogens is 1. The molecule has 0 aliphatic rings. The fourth-order valence-corrected chi connectivity index (χ4v) is 4.88. The summed E-state index contributed by atoms with van der Waals surface area (Å²) in [5.41, 5.74) is 2.92. The Kier molecular flexibility index (Phi) is 6.29. The van der Waals surface area contributed by atoms with E-state index in [0.29, 0.717) is 17.2 Å². The van der Waals surface area contributed by atoms with Gasteiger partial charge in [0, 0.05) is 17.8 Å². The smallest absolute Gasteiger partial charge is 0.230 e. The fourth-order valence-electron chi connectivity index (χ4n) is 3.54. The number of aromatic nitrogens is 5. The zero-order chi connectivity index (χ0) is 25.3. The van der Waals surface area contributed by atoms with Crippen LogP contribution in [0.3, 0.4) is 0 Å². The molecule has 3 aromatic heterocycles. The monoisotopic (exact) mass is 519 g/mol. The van der Waals surface area contributed by atoms with Crippen molar-refractivity contribution in [3.63, 3.8) is 0 Å². The summed E-state index contributed by atoms with van der Waals surface area (Å²) in [4.78, 5) is 17.9. The molecular formula is C25H22ClN7O2S. The zero-order valence-corrected chi connectivity index (χ0v) is 21.0. The van der Waals surface area contributed by atoms with Gasteiger partial charge in [-0.1, -0.05) is 54.1 Å². The highest BCUT2D eigenvalue weighted by atomic mass is 35.5. The van der Waals surface area contributed by atoms with Gasteiger partial charge in [0.1, 0.15) is 22.8 Å². The van der Waals surface area contributed by atoms with Crippen LogP contribution in [0.15, 0.2) is 84.3 Å². The first kappa shape index (κ1) is 23.7. The van der Waals surface area contributed by atoms with Crippen LogP contribution in [-0.2, 0) is 9.84 Å². The van der Waals surface area contributed by atoms with Gasteiger partial charge >= 0.3 is 0 Å². The number of para-hydroxylation sites is 1. The van der Waals surface area contributed by atoms with Crippen LogP contribution < -0.4 is 10.6 Å².